The van der Waals surface area contributed by atoms with Crippen LogP contribution in [0.5, 0.6) is 0 Å². The molecule has 2 unspecified atom stereocenters. The van der Waals surface area contributed by atoms with Crippen molar-refractivity contribution < 1.29 is 9.47 Å². The van der Waals surface area contributed by atoms with Crippen molar-refractivity contribution in [2.45, 2.75) is 31.8 Å². The first-order valence-corrected chi connectivity index (χ1v) is 4.91. The van der Waals surface area contributed by atoms with Gasteiger partial charge in [0.05, 0.1) is 12.7 Å². The van der Waals surface area contributed by atoms with E-state index >= 15 is 0 Å². The van der Waals surface area contributed by atoms with Gasteiger partial charge in [0.15, 0.2) is 0 Å². The molecule has 1 rings (SSSR count). The lowest BCUT2D eigenvalue weighted by atomic mass is 10.3. The van der Waals surface area contributed by atoms with Gasteiger partial charge in [0.2, 0.25) is 5.91 Å². The van der Waals surface area contributed by atoms with E-state index in [1.807, 2.05) is 14.1 Å². The summed E-state index contributed by atoms with van der Waals surface area (Å²) in [7, 11) is 3.79. The zero-order valence-corrected chi connectivity index (χ0v) is 8.72. The Labute approximate surface area is 80.0 Å². The summed E-state index contributed by atoms with van der Waals surface area (Å²) in [5.41, 5.74) is 0. The van der Waals surface area contributed by atoms with Crippen molar-refractivity contribution in [1.82, 2.24) is 10.6 Å². The van der Waals surface area contributed by atoms with Crippen LogP contribution < -0.4 is 10.6 Å². The maximum atomic E-state index is 5.78. The summed E-state index contributed by atoms with van der Waals surface area (Å²) in [6, 6.07) is 0. The van der Waals surface area contributed by atoms with Gasteiger partial charge in [-0.15, -0.1) is 0 Å². The van der Waals surface area contributed by atoms with Gasteiger partial charge in [-0.25, -0.2) is 0 Å². The third-order valence-electron chi connectivity index (χ3n) is 2.40. The average molecular weight is 188 g/mol. The molecule has 0 aromatic rings. The zero-order valence-electron chi connectivity index (χ0n) is 8.72. The Balaban J connectivity index is 2.42. The maximum Gasteiger partial charge on any atom is 0.228 e. The number of hydrogen-bond donors (Lipinski definition) is 2. The molecule has 2 N–H and O–H groups in total. The molecule has 0 aromatic heterocycles. The normalized spacial score (nSPS) is 33.9. The second-order valence-corrected chi connectivity index (χ2v) is 3.32. The van der Waals surface area contributed by atoms with Crippen LogP contribution in [-0.2, 0) is 9.47 Å². The molecule has 0 bridgehead atoms. The van der Waals surface area contributed by atoms with Crippen molar-refractivity contribution >= 4 is 0 Å². The van der Waals surface area contributed by atoms with Crippen LogP contribution >= 0.6 is 0 Å². The average Bonchev–Trinajstić information content (AvgIpc) is 2.59. The molecule has 1 aliphatic heterocycles. The lowest BCUT2D eigenvalue weighted by Gasteiger charge is -2.27. The molecule has 0 aromatic carbocycles. The molecule has 1 saturated heterocycles. The molecular formula is C9H20N2O2. The number of ether oxygens (including phenoxy) is 2. The highest BCUT2D eigenvalue weighted by Crippen LogP contribution is 2.25. The molecule has 78 valence electrons. The predicted octanol–water partition coefficient (Wildman–Crippen LogP) is 0.295. The first-order valence-electron chi connectivity index (χ1n) is 4.91. The van der Waals surface area contributed by atoms with E-state index in [2.05, 4.69) is 17.6 Å². The highest BCUT2D eigenvalue weighted by molar-refractivity contribution is 4.75. The van der Waals surface area contributed by atoms with Crippen LogP contribution in [0.4, 0.5) is 0 Å². The first-order chi connectivity index (χ1) is 6.26. The SMILES string of the molecule is CCC1COC(CCNC)(NC)O1. The van der Waals surface area contributed by atoms with Crippen molar-refractivity contribution in [2.24, 2.45) is 0 Å². The summed E-state index contributed by atoms with van der Waals surface area (Å²) in [6.45, 7) is 3.69. The lowest BCUT2D eigenvalue weighted by Crippen LogP contribution is -2.46. The van der Waals surface area contributed by atoms with Crippen molar-refractivity contribution in [1.29, 1.82) is 0 Å². The standard InChI is InChI=1S/C9H20N2O2/c1-4-8-7-12-9(11-3,13-8)5-6-10-2/h8,10-11H,4-7H2,1-3H3. The third kappa shape index (κ3) is 2.64. The molecular weight excluding hydrogens is 168 g/mol. The summed E-state index contributed by atoms with van der Waals surface area (Å²) < 4.78 is 11.4. The summed E-state index contributed by atoms with van der Waals surface area (Å²) in [6.07, 6.45) is 2.07. The summed E-state index contributed by atoms with van der Waals surface area (Å²) in [4.78, 5) is 0. The lowest BCUT2D eigenvalue weighted by molar-refractivity contribution is -0.191. The molecule has 0 radical (unpaired) electrons. The monoisotopic (exact) mass is 188 g/mol. The molecule has 0 spiro atoms. The molecule has 0 aliphatic carbocycles. The zero-order chi connectivity index (χ0) is 9.73. The van der Waals surface area contributed by atoms with Crippen molar-refractivity contribution in [2.75, 3.05) is 27.2 Å². The summed E-state index contributed by atoms with van der Waals surface area (Å²) in [5.74, 6) is -0.552. The van der Waals surface area contributed by atoms with E-state index in [4.69, 9.17) is 9.47 Å². The van der Waals surface area contributed by atoms with E-state index in [0.717, 1.165) is 19.4 Å². The van der Waals surface area contributed by atoms with Gasteiger partial charge in [-0.05, 0) is 20.5 Å². The van der Waals surface area contributed by atoms with Crippen LogP contribution in [0.2, 0.25) is 0 Å². The van der Waals surface area contributed by atoms with E-state index in [0.29, 0.717) is 6.61 Å². The Morgan fingerprint density at radius 1 is 1.46 bits per heavy atom. The largest absolute Gasteiger partial charge is 0.335 e. The minimum Gasteiger partial charge on any atom is -0.335 e. The van der Waals surface area contributed by atoms with Crippen LogP contribution in [-0.4, -0.2) is 39.3 Å². The van der Waals surface area contributed by atoms with Crippen LogP contribution in [0, 0.1) is 0 Å². The molecule has 0 amide bonds. The van der Waals surface area contributed by atoms with Crippen LogP contribution in [0.25, 0.3) is 0 Å². The Morgan fingerprint density at radius 3 is 2.69 bits per heavy atom. The second kappa shape index (κ2) is 4.91. The number of hydrogen-bond acceptors (Lipinski definition) is 4. The number of nitrogens with one attached hydrogen (secondary N) is 2. The second-order valence-electron chi connectivity index (χ2n) is 3.32. The summed E-state index contributed by atoms with van der Waals surface area (Å²) >= 11 is 0. The Bertz CT molecular complexity index is 155. The molecule has 13 heavy (non-hydrogen) atoms. The molecule has 0 saturated carbocycles. The Hall–Kier alpha value is -0.160. The van der Waals surface area contributed by atoms with Gasteiger partial charge in [-0.1, -0.05) is 6.92 Å². The topological polar surface area (TPSA) is 42.5 Å². The van der Waals surface area contributed by atoms with E-state index in [1.165, 1.54) is 0 Å². The van der Waals surface area contributed by atoms with Crippen LogP contribution in [0.1, 0.15) is 19.8 Å². The van der Waals surface area contributed by atoms with Gasteiger partial charge in [0, 0.05) is 13.0 Å². The van der Waals surface area contributed by atoms with E-state index in [9.17, 15) is 0 Å². The summed E-state index contributed by atoms with van der Waals surface area (Å²) in [5, 5.41) is 6.18. The number of rotatable bonds is 5. The molecule has 1 aliphatic rings. The quantitative estimate of drug-likeness (QED) is 0.651. The van der Waals surface area contributed by atoms with Gasteiger partial charge in [-0.3, -0.25) is 5.32 Å². The molecule has 1 heterocycles. The van der Waals surface area contributed by atoms with Crippen molar-refractivity contribution in [3.05, 3.63) is 0 Å². The van der Waals surface area contributed by atoms with E-state index in [1.54, 1.807) is 0 Å². The van der Waals surface area contributed by atoms with Gasteiger partial charge in [-0.2, -0.15) is 0 Å². The fraction of sp³-hybridized carbons (Fsp3) is 1.00. The van der Waals surface area contributed by atoms with Gasteiger partial charge < -0.3 is 14.8 Å². The predicted molar refractivity (Wildman–Crippen MR) is 51.5 cm³/mol. The first kappa shape index (κ1) is 10.9. The van der Waals surface area contributed by atoms with Crippen LogP contribution in [0.15, 0.2) is 0 Å². The maximum absolute atomic E-state index is 5.78. The molecule has 4 nitrogen and oxygen atoms in total. The van der Waals surface area contributed by atoms with Crippen molar-refractivity contribution in [3.63, 3.8) is 0 Å². The van der Waals surface area contributed by atoms with E-state index in [-0.39, 0.29) is 6.10 Å². The molecule has 1 fully saturated rings. The smallest absolute Gasteiger partial charge is 0.228 e. The van der Waals surface area contributed by atoms with Gasteiger partial charge in [0.25, 0.3) is 0 Å². The minimum absolute atomic E-state index is 0.240. The molecule has 2 atom stereocenters. The fourth-order valence-corrected chi connectivity index (χ4v) is 1.44. The van der Waals surface area contributed by atoms with Crippen molar-refractivity contribution in [3.8, 4) is 0 Å². The highest BCUT2D eigenvalue weighted by atomic mass is 16.8. The van der Waals surface area contributed by atoms with Gasteiger partial charge in [0.1, 0.15) is 0 Å². The molecule has 4 heteroatoms. The van der Waals surface area contributed by atoms with Crippen LogP contribution in [0.3, 0.4) is 0 Å². The highest BCUT2D eigenvalue weighted by Gasteiger charge is 2.38. The van der Waals surface area contributed by atoms with E-state index < -0.39 is 5.91 Å². The Morgan fingerprint density at radius 2 is 2.23 bits per heavy atom. The van der Waals surface area contributed by atoms with Gasteiger partial charge >= 0.3 is 0 Å². The minimum atomic E-state index is -0.552. The fourth-order valence-electron chi connectivity index (χ4n) is 1.44. The Kier molecular flexibility index (Phi) is 4.12. The third-order valence-corrected chi connectivity index (χ3v) is 2.40.